The van der Waals surface area contributed by atoms with Gasteiger partial charge in [0, 0.05) is 15.6 Å². The normalized spacial score (nSPS) is 15.1. The maximum absolute atomic E-state index is 12.3. The van der Waals surface area contributed by atoms with Gasteiger partial charge in [-0.2, -0.15) is 0 Å². The highest BCUT2D eigenvalue weighted by molar-refractivity contribution is 14.1. The first-order valence-corrected chi connectivity index (χ1v) is 11.8. The summed E-state index contributed by atoms with van der Waals surface area (Å²) in [5.41, 5.74) is 1.62. The number of nitrogens with zero attached hydrogens (tertiary/aromatic N) is 1. The number of terminal acetylenes is 1. The smallest absolute Gasteiger partial charge is 0.294 e. The van der Waals surface area contributed by atoms with Gasteiger partial charge in [0.1, 0.15) is 12.4 Å². The van der Waals surface area contributed by atoms with E-state index in [-0.39, 0.29) is 17.7 Å². The van der Waals surface area contributed by atoms with Crippen LogP contribution in [0.15, 0.2) is 35.2 Å². The lowest BCUT2D eigenvalue weighted by atomic mass is 10.2. The van der Waals surface area contributed by atoms with Gasteiger partial charge in [0.15, 0.2) is 0 Å². The molecule has 148 valence electrons. The summed E-state index contributed by atoms with van der Waals surface area (Å²) >= 11 is 17.4. The number of halogens is 4. The van der Waals surface area contributed by atoms with Crippen molar-refractivity contribution in [1.82, 2.24) is 4.90 Å². The lowest BCUT2D eigenvalue weighted by Gasteiger charge is -2.13. The van der Waals surface area contributed by atoms with Crippen molar-refractivity contribution in [3.05, 3.63) is 63.5 Å². The van der Waals surface area contributed by atoms with Gasteiger partial charge in [-0.25, -0.2) is 0 Å². The summed E-state index contributed by atoms with van der Waals surface area (Å²) in [6.07, 6.45) is 6.90. The summed E-state index contributed by atoms with van der Waals surface area (Å²) in [4.78, 5) is 25.7. The minimum absolute atomic E-state index is 0.0306. The summed E-state index contributed by atoms with van der Waals surface area (Å²) < 4.78 is 7.70. The average molecular weight is 670 g/mol. The Bertz CT molecular complexity index is 1060. The quantitative estimate of drug-likeness (QED) is 0.209. The highest BCUT2D eigenvalue weighted by Gasteiger charge is 2.34. The molecule has 1 heterocycles. The highest BCUT2D eigenvalue weighted by atomic mass is 127. The molecule has 0 unspecified atom stereocenters. The van der Waals surface area contributed by atoms with E-state index in [4.69, 9.17) is 34.4 Å². The van der Waals surface area contributed by atoms with E-state index in [1.54, 1.807) is 18.2 Å². The summed E-state index contributed by atoms with van der Waals surface area (Å²) in [5, 5.41) is 0.754. The second-order valence-electron chi connectivity index (χ2n) is 5.81. The van der Waals surface area contributed by atoms with Gasteiger partial charge < -0.3 is 4.74 Å². The van der Waals surface area contributed by atoms with Gasteiger partial charge in [0.25, 0.3) is 11.1 Å². The zero-order valence-electron chi connectivity index (χ0n) is 14.5. The fourth-order valence-electron chi connectivity index (χ4n) is 2.47. The number of carbonyl (C=O) groups is 2. The lowest BCUT2D eigenvalue weighted by Crippen LogP contribution is -2.28. The second-order valence-corrected chi connectivity index (χ2v) is 9.97. The molecule has 0 spiro atoms. The van der Waals surface area contributed by atoms with Crippen LogP contribution in [-0.4, -0.2) is 22.6 Å². The number of imide groups is 1. The van der Waals surface area contributed by atoms with E-state index in [2.05, 4.69) is 51.1 Å². The van der Waals surface area contributed by atoms with Crippen LogP contribution in [0.25, 0.3) is 6.08 Å². The number of thioether (sulfide) groups is 1. The SMILES string of the molecule is C#CCN1C(=O)S/C(=C/c2cc(I)c(OCc3ccc(Cl)cc3Cl)c(I)c2)C1=O. The number of rotatable bonds is 5. The van der Waals surface area contributed by atoms with Gasteiger partial charge >= 0.3 is 0 Å². The molecule has 1 aliphatic heterocycles. The Morgan fingerprint density at radius 3 is 2.48 bits per heavy atom. The zero-order valence-corrected chi connectivity index (χ0v) is 21.2. The van der Waals surface area contributed by atoms with E-state index in [1.165, 1.54) is 0 Å². The Morgan fingerprint density at radius 1 is 1.17 bits per heavy atom. The Morgan fingerprint density at radius 2 is 1.86 bits per heavy atom. The lowest BCUT2D eigenvalue weighted by molar-refractivity contribution is -0.122. The van der Waals surface area contributed by atoms with E-state index in [0.717, 1.165) is 40.7 Å². The third kappa shape index (κ3) is 5.41. The van der Waals surface area contributed by atoms with Crippen LogP contribution in [0.4, 0.5) is 4.79 Å². The molecule has 2 aromatic carbocycles. The van der Waals surface area contributed by atoms with E-state index in [9.17, 15) is 9.59 Å². The van der Waals surface area contributed by atoms with E-state index < -0.39 is 0 Å². The number of hydrogen-bond acceptors (Lipinski definition) is 4. The maximum atomic E-state index is 12.3. The van der Waals surface area contributed by atoms with Crippen LogP contribution >= 0.6 is 80.1 Å². The Labute approximate surface area is 209 Å². The number of ether oxygens (including phenoxy) is 1. The molecule has 0 saturated carbocycles. The molecule has 4 nitrogen and oxygen atoms in total. The summed E-state index contributed by atoms with van der Waals surface area (Å²) in [5.74, 6) is 2.67. The second kappa shape index (κ2) is 9.92. The van der Waals surface area contributed by atoms with Crippen LogP contribution in [0.3, 0.4) is 0 Å². The van der Waals surface area contributed by atoms with Crippen molar-refractivity contribution in [2.75, 3.05) is 6.54 Å². The molecule has 0 N–H and O–H groups in total. The van der Waals surface area contributed by atoms with Crippen LogP contribution in [0.2, 0.25) is 10.0 Å². The van der Waals surface area contributed by atoms with Gasteiger partial charge in [-0.1, -0.05) is 35.2 Å². The molecule has 1 fully saturated rings. The van der Waals surface area contributed by atoms with Crippen LogP contribution in [0, 0.1) is 19.5 Å². The monoisotopic (exact) mass is 669 g/mol. The maximum Gasteiger partial charge on any atom is 0.294 e. The first-order chi connectivity index (χ1) is 13.8. The van der Waals surface area contributed by atoms with Crippen LogP contribution in [0.1, 0.15) is 11.1 Å². The molecule has 0 radical (unpaired) electrons. The molecule has 0 aliphatic carbocycles. The standard InChI is InChI=1S/C20H11Cl2I2NO3S/c1-2-5-25-19(26)17(29-20(25)27)8-11-6-15(23)18(16(24)7-11)28-10-12-3-4-13(21)9-14(12)22/h1,3-4,6-9H,5,10H2/b17-8+. The average Bonchev–Trinajstić information content (AvgIpc) is 2.90. The predicted octanol–water partition coefficient (Wildman–Crippen LogP) is 6.45. The Kier molecular flexibility index (Phi) is 7.78. The fraction of sp³-hybridized carbons (Fsp3) is 0.100. The van der Waals surface area contributed by atoms with Crippen LogP contribution in [-0.2, 0) is 11.4 Å². The Balaban J connectivity index is 1.80. The van der Waals surface area contributed by atoms with Crippen molar-refractivity contribution in [3.63, 3.8) is 0 Å². The van der Waals surface area contributed by atoms with Crippen molar-refractivity contribution in [3.8, 4) is 18.1 Å². The van der Waals surface area contributed by atoms with Crippen molar-refractivity contribution in [2.45, 2.75) is 6.61 Å². The molecular weight excluding hydrogens is 659 g/mol. The van der Waals surface area contributed by atoms with Crippen molar-refractivity contribution in [2.24, 2.45) is 0 Å². The number of hydrogen-bond donors (Lipinski definition) is 0. The largest absolute Gasteiger partial charge is 0.487 e. The van der Waals surface area contributed by atoms with Gasteiger partial charge in [-0.3, -0.25) is 14.5 Å². The summed E-state index contributed by atoms with van der Waals surface area (Å²) in [6.45, 7) is 0.267. The molecule has 0 atom stereocenters. The van der Waals surface area contributed by atoms with Gasteiger partial charge in [0.05, 0.1) is 18.6 Å². The van der Waals surface area contributed by atoms with Gasteiger partial charge in [0.2, 0.25) is 0 Å². The van der Waals surface area contributed by atoms with Gasteiger partial charge in [-0.05, 0) is 92.8 Å². The third-order valence-electron chi connectivity index (χ3n) is 3.83. The zero-order chi connectivity index (χ0) is 21.1. The minimum Gasteiger partial charge on any atom is -0.487 e. The minimum atomic E-state index is -0.374. The number of carbonyl (C=O) groups excluding carboxylic acids is 2. The number of benzene rings is 2. The van der Waals surface area contributed by atoms with Gasteiger partial charge in [-0.15, -0.1) is 6.42 Å². The van der Waals surface area contributed by atoms with Crippen LogP contribution < -0.4 is 4.74 Å². The van der Waals surface area contributed by atoms with E-state index in [0.29, 0.717) is 21.6 Å². The molecule has 2 amide bonds. The molecule has 29 heavy (non-hydrogen) atoms. The summed E-state index contributed by atoms with van der Waals surface area (Å²) in [6, 6.07) is 9.03. The van der Waals surface area contributed by atoms with Crippen molar-refractivity contribution >= 4 is 97.4 Å². The Hall–Kier alpha value is -0.930. The first-order valence-electron chi connectivity index (χ1n) is 8.04. The predicted molar refractivity (Wildman–Crippen MR) is 134 cm³/mol. The van der Waals surface area contributed by atoms with Crippen molar-refractivity contribution in [1.29, 1.82) is 0 Å². The molecule has 2 aromatic rings. The molecule has 0 aromatic heterocycles. The molecule has 1 saturated heterocycles. The first kappa shape index (κ1) is 22.7. The van der Waals surface area contributed by atoms with E-state index in [1.807, 2.05) is 18.2 Å². The number of amides is 2. The molecular formula is C20H11Cl2I2NO3S. The molecule has 1 aliphatic rings. The molecule has 3 rings (SSSR count). The molecule has 0 bridgehead atoms. The topological polar surface area (TPSA) is 46.6 Å². The highest BCUT2D eigenvalue weighted by Crippen LogP contribution is 2.35. The van der Waals surface area contributed by atoms with Crippen molar-refractivity contribution < 1.29 is 14.3 Å². The van der Waals surface area contributed by atoms with Crippen LogP contribution in [0.5, 0.6) is 5.75 Å². The third-order valence-corrected chi connectivity index (χ3v) is 6.93. The van der Waals surface area contributed by atoms with E-state index >= 15 is 0 Å². The fourth-order valence-corrected chi connectivity index (χ4v) is 5.90. The molecule has 9 heteroatoms. The summed E-state index contributed by atoms with van der Waals surface area (Å²) in [7, 11) is 0.